The molecule has 21 heavy (non-hydrogen) atoms. The van der Waals surface area contributed by atoms with Crippen LogP contribution in [0.15, 0.2) is 18.2 Å². The Bertz CT molecular complexity index is 528. The topological polar surface area (TPSA) is 58.6 Å². The van der Waals surface area contributed by atoms with Gasteiger partial charge in [-0.3, -0.25) is 9.59 Å². The third-order valence-electron chi connectivity index (χ3n) is 3.59. The second kappa shape index (κ2) is 7.22. The number of amides is 2. The standard InChI is InChI=1S/C16H22N2O3/c1-3-16(20)18-8-7-12-5-6-14(9-13(12)10-18)17-15(19)11-21-4-2/h5-6,9H,3-4,7-8,10-11H2,1-2H3,(H,17,19). The SMILES string of the molecule is CCOCC(=O)Nc1ccc2c(c1)CN(C(=O)CC)CC2. The normalized spacial score (nSPS) is 13.7. The van der Waals surface area contributed by atoms with Gasteiger partial charge in [-0.15, -0.1) is 0 Å². The van der Waals surface area contributed by atoms with Gasteiger partial charge in [0.15, 0.2) is 0 Å². The van der Waals surface area contributed by atoms with Gasteiger partial charge in [0.1, 0.15) is 6.61 Å². The van der Waals surface area contributed by atoms with Crippen LogP contribution in [0.5, 0.6) is 0 Å². The van der Waals surface area contributed by atoms with Gasteiger partial charge in [0.25, 0.3) is 0 Å². The molecule has 0 saturated heterocycles. The van der Waals surface area contributed by atoms with Gasteiger partial charge in [0.2, 0.25) is 11.8 Å². The third-order valence-corrected chi connectivity index (χ3v) is 3.59. The van der Waals surface area contributed by atoms with Crippen molar-refractivity contribution in [3.8, 4) is 0 Å². The van der Waals surface area contributed by atoms with Crippen molar-refractivity contribution in [2.75, 3.05) is 25.1 Å². The maximum atomic E-state index is 11.8. The summed E-state index contributed by atoms with van der Waals surface area (Å²) in [5, 5.41) is 2.82. The molecule has 1 heterocycles. The Hall–Kier alpha value is -1.88. The van der Waals surface area contributed by atoms with E-state index >= 15 is 0 Å². The lowest BCUT2D eigenvalue weighted by Crippen LogP contribution is -2.35. The fourth-order valence-electron chi connectivity index (χ4n) is 2.46. The highest BCUT2D eigenvalue weighted by molar-refractivity contribution is 5.91. The molecule has 0 aliphatic carbocycles. The van der Waals surface area contributed by atoms with Crippen LogP contribution < -0.4 is 5.32 Å². The Balaban J connectivity index is 2.04. The maximum Gasteiger partial charge on any atom is 0.250 e. The molecule has 0 fully saturated rings. The van der Waals surface area contributed by atoms with Gasteiger partial charge in [-0.2, -0.15) is 0 Å². The summed E-state index contributed by atoms with van der Waals surface area (Å²) >= 11 is 0. The smallest absolute Gasteiger partial charge is 0.250 e. The maximum absolute atomic E-state index is 11.8. The highest BCUT2D eigenvalue weighted by atomic mass is 16.5. The van der Waals surface area contributed by atoms with Crippen LogP contribution in [0.1, 0.15) is 31.4 Å². The fourth-order valence-corrected chi connectivity index (χ4v) is 2.46. The van der Waals surface area contributed by atoms with Crippen molar-refractivity contribution in [1.82, 2.24) is 4.90 Å². The Morgan fingerprint density at radius 2 is 2.10 bits per heavy atom. The number of anilines is 1. The number of carbonyl (C=O) groups excluding carboxylic acids is 2. The van der Waals surface area contributed by atoms with E-state index in [-0.39, 0.29) is 18.4 Å². The molecule has 0 atom stereocenters. The highest BCUT2D eigenvalue weighted by Gasteiger charge is 2.19. The predicted molar refractivity (Wildman–Crippen MR) is 81.0 cm³/mol. The van der Waals surface area contributed by atoms with Crippen molar-refractivity contribution < 1.29 is 14.3 Å². The van der Waals surface area contributed by atoms with E-state index in [0.29, 0.717) is 19.6 Å². The minimum absolute atomic E-state index is 0.0635. The second-order valence-corrected chi connectivity index (χ2v) is 5.09. The number of nitrogens with one attached hydrogen (secondary N) is 1. The van der Waals surface area contributed by atoms with Crippen LogP contribution in [-0.2, 0) is 27.3 Å². The molecule has 0 aromatic heterocycles. The number of fused-ring (bicyclic) bond motifs is 1. The molecule has 0 saturated carbocycles. The van der Waals surface area contributed by atoms with E-state index in [9.17, 15) is 9.59 Å². The first-order valence-corrected chi connectivity index (χ1v) is 7.41. The molecule has 1 aromatic carbocycles. The van der Waals surface area contributed by atoms with E-state index < -0.39 is 0 Å². The van der Waals surface area contributed by atoms with Gasteiger partial charge in [0, 0.05) is 31.8 Å². The Labute approximate surface area is 125 Å². The van der Waals surface area contributed by atoms with Crippen molar-refractivity contribution in [3.05, 3.63) is 29.3 Å². The molecule has 1 aromatic rings. The molecule has 1 aliphatic heterocycles. The van der Waals surface area contributed by atoms with E-state index in [2.05, 4.69) is 5.32 Å². The summed E-state index contributed by atoms with van der Waals surface area (Å²) in [6.45, 7) is 5.71. The predicted octanol–water partition coefficient (Wildman–Crippen LogP) is 1.96. The zero-order chi connectivity index (χ0) is 15.2. The molecule has 1 N–H and O–H groups in total. The second-order valence-electron chi connectivity index (χ2n) is 5.09. The van der Waals surface area contributed by atoms with Crippen molar-refractivity contribution in [3.63, 3.8) is 0 Å². The summed E-state index contributed by atoms with van der Waals surface area (Å²) in [4.78, 5) is 25.3. The zero-order valence-corrected chi connectivity index (χ0v) is 12.6. The van der Waals surface area contributed by atoms with Crippen LogP contribution in [0.25, 0.3) is 0 Å². The molecular weight excluding hydrogens is 268 g/mol. The summed E-state index contributed by atoms with van der Waals surface area (Å²) in [6, 6.07) is 5.88. The van der Waals surface area contributed by atoms with Crippen molar-refractivity contribution >= 4 is 17.5 Å². The number of benzene rings is 1. The number of carbonyl (C=O) groups is 2. The first-order valence-electron chi connectivity index (χ1n) is 7.41. The molecule has 0 radical (unpaired) electrons. The zero-order valence-electron chi connectivity index (χ0n) is 12.6. The largest absolute Gasteiger partial charge is 0.372 e. The number of rotatable bonds is 5. The van der Waals surface area contributed by atoms with Crippen LogP contribution in [0.2, 0.25) is 0 Å². The van der Waals surface area contributed by atoms with E-state index in [1.165, 1.54) is 5.56 Å². The molecule has 1 aliphatic rings. The van der Waals surface area contributed by atoms with Gasteiger partial charge < -0.3 is 15.0 Å². The number of nitrogens with zero attached hydrogens (tertiary/aromatic N) is 1. The third kappa shape index (κ3) is 4.04. The number of ether oxygens (including phenoxy) is 1. The van der Waals surface area contributed by atoms with Gasteiger partial charge in [-0.05, 0) is 36.6 Å². The molecule has 5 heteroatoms. The average Bonchev–Trinajstić information content (AvgIpc) is 2.51. The van der Waals surface area contributed by atoms with Crippen LogP contribution in [0, 0.1) is 0 Å². The fraction of sp³-hybridized carbons (Fsp3) is 0.500. The minimum atomic E-state index is -0.158. The van der Waals surface area contributed by atoms with Crippen LogP contribution in [-0.4, -0.2) is 36.5 Å². The van der Waals surface area contributed by atoms with E-state index in [1.54, 1.807) is 0 Å². The highest BCUT2D eigenvalue weighted by Crippen LogP contribution is 2.23. The van der Waals surface area contributed by atoms with Crippen molar-refractivity contribution in [2.24, 2.45) is 0 Å². The van der Waals surface area contributed by atoms with Crippen LogP contribution in [0.3, 0.4) is 0 Å². The van der Waals surface area contributed by atoms with Crippen LogP contribution >= 0.6 is 0 Å². The molecule has 5 nitrogen and oxygen atoms in total. The van der Waals surface area contributed by atoms with Gasteiger partial charge >= 0.3 is 0 Å². The molecule has 0 bridgehead atoms. The molecular formula is C16H22N2O3. The molecule has 0 unspecified atom stereocenters. The van der Waals surface area contributed by atoms with Crippen molar-refractivity contribution in [2.45, 2.75) is 33.2 Å². The number of hydrogen-bond acceptors (Lipinski definition) is 3. The summed E-state index contributed by atoms with van der Waals surface area (Å²) < 4.78 is 5.08. The van der Waals surface area contributed by atoms with E-state index in [0.717, 1.165) is 24.2 Å². The summed E-state index contributed by atoms with van der Waals surface area (Å²) in [7, 11) is 0. The molecule has 2 amide bonds. The Morgan fingerprint density at radius 1 is 1.29 bits per heavy atom. The summed E-state index contributed by atoms with van der Waals surface area (Å²) in [5.74, 6) is 0.0144. The Morgan fingerprint density at radius 3 is 2.81 bits per heavy atom. The summed E-state index contributed by atoms with van der Waals surface area (Å²) in [5.41, 5.74) is 3.11. The van der Waals surface area contributed by atoms with Gasteiger partial charge in [-0.1, -0.05) is 13.0 Å². The lowest BCUT2D eigenvalue weighted by Gasteiger charge is -2.29. The first kappa shape index (κ1) is 15.5. The lowest BCUT2D eigenvalue weighted by atomic mass is 9.99. The quantitative estimate of drug-likeness (QED) is 0.902. The van der Waals surface area contributed by atoms with Crippen LogP contribution in [0.4, 0.5) is 5.69 Å². The average molecular weight is 290 g/mol. The number of hydrogen-bond donors (Lipinski definition) is 1. The van der Waals surface area contributed by atoms with Gasteiger partial charge in [-0.25, -0.2) is 0 Å². The first-order chi connectivity index (χ1) is 10.1. The van der Waals surface area contributed by atoms with Gasteiger partial charge in [0.05, 0.1) is 0 Å². The minimum Gasteiger partial charge on any atom is -0.372 e. The molecule has 114 valence electrons. The van der Waals surface area contributed by atoms with E-state index in [4.69, 9.17) is 4.74 Å². The van der Waals surface area contributed by atoms with E-state index in [1.807, 2.05) is 36.9 Å². The monoisotopic (exact) mass is 290 g/mol. The molecule has 0 spiro atoms. The Kier molecular flexibility index (Phi) is 5.33. The molecule has 2 rings (SSSR count). The lowest BCUT2D eigenvalue weighted by molar-refractivity contribution is -0.131. The summed E-state index contributed by atoms with van der Waals surface area (Å²) in [6.07, 6.45) is 1.40. The van der Waals surface area contributed by atoms with Crippen molar-refractivity contribution in [1.29, 1.82) is 0 Å².